The number of halogens is 3. The Hall–Kier alpha value is -2.32. The van der Waals surface area contributed by atoms with E-state index >= 15 is 0 Å². The number of hydrogen-bond acceptors (Lipinski definition) is 4. The van der Waals surface area contributed by atoms with Gasteiger partial charge in [-0.3, -0.25) is 14.9 Å². The van der Waals surface area contributed by atoms with Gasteiger partial charge in [-0.05, 0) is 12.5 Å². The highest BCUT2D eigenvalue weighted by atomic mass is 19.4. The molecule has 0 saturated carbocycles. The molecule has 0 aliphatic rings. The normalized spacial score (nSPS) is 11.1. The summed E-state index contributed by atoms with van der Waals surface area (Å²) in [5, 5.41) is 15.6. The molecule has 1 amide bonds. The van der Waals surface area contributed by atoms with E-state index in [2.05, 4.69) is 10.6 Å². The molecule has 0 aliphatic heterocycles. The zero-order chi connectivity index (χ0) is 16.8. The second-order valence-electron chi connectivity index (χ2n) is 4.51. The molecule has 0 unspecified atom stereocenters. The van der Waals surface area contributed by atoms with E-state index in [4.69, 9.17) is 0 Å². The maximum atomic E-state index is 12.9. The Balaban J connectivity index is 2.78. The largest absolute Gasteiger partial charge is 0.418 e. The SMILES string of the molecule is CCCNC(=O)CCNc1ccc([N+](=O)[O-])cc1C(F)(F)F. The van der Waals surface area contributed by atoms with Crippen LogP contribution in [0.1, 0.15) is 25.3 Å². The minimum absolute atomic E-state index is 0.00353. The third-order valence-electron chi connectivity index (χ3n) is 2.76. The highest BCUT2D eigenvalue weighted by molar-refractivity contribution is 5.76. The lowest BCUT2D eigenvalue weighted by Gasteiger charge is -2.14. The van der Waals surface area contributed by atoms with Crippen molar-refractivity contribution in [3.63, 3.8) is 0 Å². The maximum absolute atomic E-state index is 12.9. The third kappa shape index (κ3) is 5.23. The maximum Gasteiger partial charge on any atom is 0.418 e. The van der Waals surface area contributed by atoms with E-state index in [0.29, 0.717) is 12.6 Å². The second kappa shape index (κ2) is 7.62. The lowest BCUT2D eigenvalue weighted by atomic mass is 10.1. The number of benzene rings is 1. The van der Waals surface area contributed by atoms with Crippen LogP contribution in [0.3, 0.4) is 0 Å². The molecule has 1 aromatic carbocycles. The number of nitro benzene ring substituents is 1. The van der Waals surface area contributed by atoms with Crippen LogP contribution < -0.4 is 10.6 Å². The van der Waals surface area contributed by atoms with Gasteiger partial charge in [-0.25, -0.2) is 0 Å². The Labute approximate surface area is 124 Å². The molecule has 9 heteroatoms. The number of hydrogen-bond donors (Lipinski definition) is 2. The summed E-state index contributed by atoms with van der Waals surface area (Å²) in [4.78, 5) is 21.0. The Morgan fingerprint density at radius 1 is 1.32 bits per heavy atom. The molecule has 22 heavy (non-hydrogen) atoms. The van der Waals surface area contributed by atoms with Gasteiger partial charge in [0.15, 0.2) is 0 Å². The Morgan fingerprint density at radius 2 is 2.00 bits per heavy atom. The molecule has 0 saturated heterocycles. The van der Waals surface area contributed by atoms with Crippen molar-refractivity contribution in [2.45, 2.75) is 25.9 Å². The van der Waals surface area contributed by atoms with Crippen LogP contribution in [-0.2, 0) is 11.0 Å². The van der Waals surface area contributed by atoms with Crippen molar-refractivity contribution in [2.24, 2.45) is 0 Å². The molecule has 1 aromatic rings. The molecule has 0 aromatic heterocycles. The van der Waals surface area contributed by atoms with Crippen LogP contribution in [0, 0.1) is 10.1 Å². The number of anilines is 1. The van der Waals surface area contributed by atoms with Gasteiger partial charge in [0.2, 0.25) is 5.91 Å². The lowest BCUT2D eigenvalue weighted by molar-refractivity contribution is -0.385. The number of non-ortho nitro benzene ring substituents is 1. The summed E-state index contributed by atoms with van der Waals surface area (Å²) in [5.74, 6) is -0.273. The average Bonchev–Trinajstić information content (AvgIpc) is 2.44. The second-order valence-corrected chi connectivity index (χ2v) is 4.51. The number of rotatable bonds is 7. The van der Waals surface area contributed by atoms with Crippen LogP contribution >= 0.6 is 0 Å². The van der Waals surface area contributed by atoms with Crippen molar-refractivity contribution in [3.05, 3.63) is 33.9 Å². The quantitative estimate of drug-likeness (QED) is 0.598. The van der Waals surface area contributed by atoms with Crippen molar-refractivity contribution in [3.8, 4) is 0 Å². The van der Waals surface area contributed by atoms with E-state index in [1.165, 1.54) is 0 Å². The number of amides is 1. The fourth-order valence-electron chi connectivity index (χ4n) is 1.70. The molecular formula is C13H16F3N3O3. The molecule has 0 aliphatic carbocycles. The number of nitrogens with one attached hydrogen (secondary N) is 2. The first kappa shape index (κ1) is 17.7. The number of alkyl halides is 3. The average molecular weight is 319 g/mol. The minimum Gasteiger partial charge on any atom is -0.384 e. The molecule has 0 fully saturated rings. The van der Waals surface area contributed by atoms with Gasteiger partial charge in [0, 0.05) is 37.3 Å². The van der Waals surface area contributed by atoms with Crippen LogP contribution in [0.2, 0.25) is 0 Å². The van der Waals surface area contributed by atoms with Gasteiger partial charge >= 0.3 is 6.18 Å². The Kier molecular flexibility index (Phi) is 6.14. The summed E-state index contributed by atoms with van der Waals surface area (Å²) in [7, 11) is 0. The van der Waals surface area contributed by atoms with Crippen LogP contribution in [-0.4, -0.2) is 23.9 Å². The van der Waals surface area contributed by atoms with E-state index in [0.717, 1.165) is 18.6 Å². The third-order valence-corrected chi connectivity index (χ3v) is 2.76. The monoisotopic (exact) mass is 319 g/mol. The first-order valence-corrected chi connectivity index (χ1v) is 6.62. The van der Waals surface area contributed by atoms with Crippen molar-refractivity contribution in [1.29, 1.82) is 0 Å². The minimum atomic E-state index is -4.72. The zero-order valence-corrected chi connectivity index (χ0v) is 11.9. The van der Waals surface area contributed by atoms with Crippen molar-refractivity contribution < 1.29 is 22.9 Å². The van der Waals surface area contributed by atoms with Gasteiger partial charge in [-0.15, -0.1) is 0 Å². The Morgan fingerprint density at radius 3 is 2.55 bits per heavy atom. The van der Waals surface area contributed by atoms with Gasteiger partial charge in [0.05, 0.1) is 10.5 Å². The summed E-state index contributed by atoms with van der Waals surface area (Å²) in [5.41, 5.74) is -2.06. The van der Waals surface area contributed by atoms with E-state index in [1.54, 1.807) is 0 Å². The number of nitrogens with zero attached hydrogens (tertiary/aromatic N) is 1. The summed E-state index contributed by atoms with van der Waals surface area (Å²) >= 11 is 0. The van der Waals surface area contributed by atoms with Crippen LogP contribution in [0.15, 0.2) is 18.2 Å². The van der Waals surface area contributed by atoms with Gasteiger partial charge in [0.25, 0.3) is 5.69 Å². The molecule has 122 valence electrons. The smallest absolute Gasteiger partial charge is 0.384 e. The summed E-state index contributed by atoms with van der Waals surface area (Å²) < 4.78 is 38.7. The first-order valence-electron chi connectivity index (χ1n) is 6.62. The van der Waals surface area contributed by atoms with E-state index in [1.807, 2.05) is 6.92 Å². The molecule has 2 N–H and O–H groups in total. The number of nitro groups is 1. The standard InChI is InChI=1S/C13H16F3N3O3/c1-2-6-18-12(20)5-7-17-11-4-3-9(19(21)22)8-10(11)13(14,15)16/h3-4,8,17H,2,5-7H2,1H3,(H,18,20). The van der Waals surface area contributed by atoms with Crippen LogP contribution in [0.25, 0.3) is 0 Å². The molecule has 6 nitrogen and oxygen atoms in total. The fraction of sp³-hybridized carbons (Fsp3) is 0.462. The highest BCUT2D eigenvalue weighted by Crippen LogP contribution is 2.36. The zero-order valence-electron chi connectivity index (χ0n) is 11.9. The molecule has 0 spiro atoms. The van der Waals surface area contributed by atoms with Gasteiger partial charge in [0.1, 0.15) is 0 Å². The number of carbonyl (C=O) groups is 1. The fourth-order valence-corrected chi connectivity index (χ4v) is 1.70. The predicted molar refractivity (Wildman–Crippen MR) is 74.5 cm³/mol. The van der Waals surface area contributed by atoms with Gasteiger partial charge < -0.3 is 10.6 Å². The van der Waals surface area contributed by atoms with E-state index < -0.39 is 22.4 Å². The lowest BCUT2D eigenvalue weighted by Crippen LogP contribution is -2.26. The molecule has 0 bridgehead atoms. The highest BCUT2D eigenvalue weighted by Gasteiger charge is 2.35. The predicted octanol–water partition coefficient (Wildman–Crippen LogP) is 2.94. The van der Waals surface area contributed by atoms with E-state index in [9.17, 15) is 28.1 Å². The van der Waals surface area contributed by atoms with Gasteiger partial charge in [-0.2, -0.15) is 13.2 Å². The molecule has 0 atom stereocenters. The molecule has 0 radical (unpaired) electrons. The number of carbonyl (C=O) groups excluding carboxylic acids is 1. The van der Waals surface area contributed by atoms with Gasteiger partial charge in [-0.1, -0.05) is 6.92 Å². The van der Waals surface area contributed by atoms with Crippen molar-refractivity contribution in [1.82, 2.24) is 5.32 Å². The summed E-state index contributed by atoms with van der Waals surface area (Å²) in [6.45, 7) is 2.38. The first-order chi connectivity index (χ1) is 10.3. The summed E-state index contributed by atoms with van der Waals surface area (Å²) in [6, 6.07) is 2.44. The van der Waals surface area contributed by atoms with Crippen molar-refractivity contribution in [2.75, 3.05) is 18.4 Å². The Bertz CT molecular complexity index is 547. The molecular weight excluding hydrogens is 303 g/mol. The van der Waals surface area contributed by atoms with E-state index in [-0.39, 0.29) is 24.6 Å². The molecule has 1 rings (SSSR count). The van der Waals surface area contributed by atoms with Crippen LogP contribution in [0.5, 0.6) is 0 Å². The van der Waals surface area contributed by atoms with Crippen molar-refractivity contribution >= 4 is 17.3 Å². The van der Waals surface area contributed by atoms with Crippen LogP contribution in [0.4, 0.5) is 24.5 Å². The summed E-state index contributed by atoms with van der Waals surface area (Å²) in [6.07, 6.45) is -3.95. The molecule has 0 heterocycles. The topological polar surface area (TPSA) is 84.3 Å².